The van der Waals surface area contributed by atoms with Gasteiger partial charge in [0.25, 0.3) is 0 Å². The summed E-state index contributed by atoms with van der Waals surface area (Å²) < 4.78 is 10.9. The van der Waals surface area contributed by atoms with Crippen LogP contribution >= 0.6 is 0 Å². The van der Waals surface area contributed by atoms with E-state index in [0.717, 1.165) is 18.8 Å². The predicted octanol–water partition coefficient (Wildman–Crippen LogP) is 4.92. The standard InChI is InChI=1S/C19H28O2/c1-2-3-4-5-6-7-8-9-11-17-12-10-13-18(14-17)20-15-19-16-21-19/h2,10,12-14,19H,1,3-9,11,15-16H2. The summed E-state index contributed by atoms with van der Waals surface area (Å²) in [7, 11) is 0. The van der Waals surface area contributed by atoms with Gasteiger partial charge in [0, 0.05) is 0 Å². The maximum Gasteiger partial charge on any atom is 0.119 e. The Labute approximate surface area is 129 Å². The molecule has 0 aromatic heterocycles. The van der Waals surface area contributed by atoms with Gasteiger partial charge >= 0.3 is 0 Å². The molecule has 1 aliphatic rings. The summed E-state index contributed by atoms with van der Waals surface area (Å²) in [6.45, 7) is 5.30. The smallest absolute Gasteiger partial charge is 0.119 e. The number of unbranched alkanes of at least 4 members (excludes halogenated alkanes) is 6. The van der Waals surface area contributed by atoms with E-state index in [1.165, 1.54) is 50.5 Å². The van der Waals surface area contributed by atoms with E-state index in [-0.39, 0.29) is 0 Å². The molecule has 1 atom stereocenters. The lowest BCUT2D eigenvalue weighted by molar-refractivity contribution is 0.263. The fourth-order valence-corrected chi connectivity index (χ4v) is 2.47. The minimum atomic E-state index is 0.328. The highest BCUT2D eigenvalue weighted by Crippen LogP contribution is 2.18. The zero-order chi connectivity index (χ0) is 14.8. The molecule has 0 radical (unpaired) electrons. The van der Waals surface area contributed by atoms with E-state index < -0.39 is 0 Å². The van der Waals surface area contributed by atoms with E-state index >= 15 is 0 Å². The summed E-state index contributed by atoms with van der Waals surface area (Å²) in [6, 6.07) is 8.50. The first-order valence-electron chi connectivity index (χ1n) is 8.33. The minimum Gasteiger partial charge on any atom is -0.491 e. The molecule has 1 fully saturated rings. The Morgan fingerprint density at radius 3 is 2.67 bits per heavy atom. The fraction of sp³-hybridized carbons (Fsp3) is 0.579. The lowest BCUT2D eigenvalue weighted by atomic mass is 10.0. The van der Waals surface area contributed by atoms with Gasteiger partial charge in [-0.1, -0.05) is 43.9 Å². The number of hydrogen-bond acceptors (Lipinski definition) is 2. The number of aryl methyl sites for hydroxylation is 1. The lowest BCUT2D eigenvalue weighted by Gasteiger charge is -2.07. The molecule has 1 heterocycles. The van der Waals surface area contributed by atoms with Gasteiger partial charge in [0.05, 0.1) is 6.61 Å². The Hall–Kier alpha value is -1.28. The first-order chi connectivity index (χ1) is 10.4. The van der Waals surface area contributed by atoms with Crippen LogP contribution in [0.15, 0.2) is 36.9 Å². The van der Waals surface area contributed by atoms with E-state index in [1.807, 2.05) is 12.1 Å². The molecule has 2 nitrogen and oxygen atoms in total. The Morgan fingerprint density at radius 1 is 1.14 bits per heavy atom. The van der Waals surface area contributed by atoms with Gasteiger partial charge in [-0.15, -0.1) is 6.58 Å². The molecule has 0 bridgehead atoms. The van der Waals surface area contributed by atoms with Crippen LogP contribution in [-0.2, 0) is 11.2 Å². The summed E-state index contributed by atoms with van der Waals surface area (Å²) in [5, 5.41) is 0. The SMILES string of the molecule is C=CCCCCCCCCc1cccc(OCC2CO2)c1. The summed E-state index contributed by atoms with van der Waals surface area (Å²) in [6.07, 6.45) is 12.6. The Kier molecular flexibility index (Phi) is 7.37. The van der Waals surface area contributed by atoms with Crippen molar-refractivity contribution in [2.45, 2.75) is 57.5 Å². The highest BCUT2D eigenvalue weighted by molar-refractivity contribution is 5.28. The van der Waals surface area contributed by atoms with Gasteiger partial charge in [-0.05, 0) is 43.4 Å². The topological polar surface area (TPSA) is 21.8 Å². The third-order valence-electron chi connectivity index (χ3n) is 3.86. The van der Waals surface area contributed by atoms with Crippen molar-refractivity contribution in [3.63, 3.8) is 0 Å². The van der Waals surface area contributed by atoms with Crippen LogP contribution in [-0.4, -0.2) is 19.3 Å². The zero-order valence-corrected chi connectivity index (χ0v) is 13.1. The quantitative estimate of drug-likeness (QED) is 0.309. The van der Waals surface area contributed by atoms with E-state index in [9.17, 15) is 0 Å². The molecule has 116 valence electrons. The monoisotopic (exact) mass is 288 g/mol. The number of ether oxygens (including phenoxy) is 2. The molecule has 0 amide bonds. The first-order valence-corrected chi connectivity index (χ1v) is 8.33. The number of benzene rings is 1. The van der Waals surface area contributed by atoms with Gasteiger partial charge in [-0.3, -0.25) is 0 Å². The van der Waals surface area contributed by atoms with Gasteiger partial charge in [0.15, 0.2) is 0 Å². The molecule has 0 saturated carbocycles. The van der Waals surface area contributed by atoms with Crippen LogP contribution in [0, 0.1) is 0 Å². The highest BCUT2D eigenvalue weighted by Gasteiger charge is 2.22. The molecule has 2 heteroatoms. The molecule has 1 unspecified atom stereocenters. The van der Waals surface area contributed by atoms with Crippen molar-refractivity contribution < 1.29 is 9.47 Å². The first kappa shape index (κ1) is 16.1. The average molecular weight is 288 g/mol. The second kappa shape index (κ2) is 9.62. The van der Waals surface area contributed by atoms with E-state index in [2.05, 4.69) is 24.8 Å². The maximum atomic E-state index is 5.72. The van der Waals surface area contributed by atoms with Gasteiger partial charge in [-0.2, -0.15) is 0 Å². The second-order valence-corrected chi connectivity index (χ2v) is 5.86. The van der Waals surface area contributed by atoms with Gasteiger partial charge in [0.2, 0.25) is 0 Å². The highest BCUT2D eigenvalue weighted by atomic mass is 16.6. The Bertz CT molecular complexity index is 410. The summed E-state index contributed by atoms with van der Waals surface area (Å²) >= 11 is 0. The second-order valence-electron chi connectivity index (χ2n) is 5.86. The van der Waals surface area contributed by atoms with Gasteiger partial charge < -0.3 is 9.47 Å². The number of rotatable bonds is 12. The summed E-state index contributed by atoms with van der Waals surface area (Å²) in [5.41, 5.74) is 1.39. The minimum absolute atomic E-state index is 0.328. The van der Waals surface area contributed by atoms with Crippen LogP contribution in [0.4, 0.5) is 0 Å². The predicted molar refractivity (Wildman–Crippen MR) is 87.9 cm³/mol. The van der Waals surface area contributed by atoms with Gasteiger partial charge in [-0.25, -0.2) is 0 Å². The van der Waals surface area contributed by atoms with E-state index in [4.69, 9.17) is 9.47 Å². The van der Waals surface area contributed by atoms with Crippen LogP contribution in [0.5, 0.6) is 5.75 Å². The number of hydrogen-bond donors (Lipinski definition) is 0. The normalized spacial score (nSPS) is 16.7. The molecule has 21 heavy (non-hydrogen) atoms. The van der Waals surface area contributed by atoms with Crippen molar-refractivity contribution in [3.8, 4) is 5.75 Å². The van der Waals surface area contributed by atoms with Crippen LogP contribution in [0.2, 0.25) is 0 Å². The van der Waals surface area contributed by atoms with E-state index in [0.29, 0.717) is 12.7 Å². The van der Waals surface area contributed by atoms with Crippen LogP contribution in [0.1, 0.15) is 50.5 Å². The Morgan fingerprint density at radius 2 is 1.90 bits per heavy atom. The zero-order valence-electron chi connectivity index (χ0n) is 13.1. The van der Waals surface area contributed by atoms with Crippen molar-refractivity contribution in [2.24, 2.45) is 0 Å². The average Bonchev–Trinajstić information content (AvgIpc) is 3.33. The van der Waals surface area contributed by atoms with Crippen LogP contribution < -0.4 is 4.74 Å². The van der Waals surface area contributed by atoms with Crippen LogP contribution in [0.3, 0.4) is 0 Å². The summed E-state index contributed by atoms with van der Waals surface area (Å²) in [4.78, 5) is 0. The maximum absolute atomic E-state index is 5.72. The van der Waals surface area contributed by atoms with Crippen molar-refractivity contribution in [2.75, 3.05) is 13.2 Å². The molecule has 0 aliphatic carbocycles. The molecule has 1 saturated heterocycles. The molecule has 1 aliphatic heterocycles. The molecule has 1 aromatic carbocycles. The molecule has 2 rings (SSSR count). The van der Waals surface area contributed by atoms with E-state index in [1.54, 1.807) is 0 Å². The third-order valence-corrected chi connectivity index (χ3v) is 3.86. The molecule has 0 spiro atoms. The van der Waals surface area contributed by atoms with Crippen LogP contribution in [0.25, 0.3) is 0 Å². The number of allylic oxidation sites excluding steroid dienone is 1. The Balaban J connectivity index is 1.54. The van der Waals surface area contributed by atoms with Crippen molar-refractivity contribution in [3.05, 3.63) is 42.5 Å². The third kappa shape index (κ3) is 7.33. The lowest BCUT2D eigenvalue weighted by Crippen LogP contribution is -2.04. The molecular weight excluding hydrogens is 260 g/mol. The van der Waals surface area contributed by atoms with Gasteiger partial charge in [0.1, 0.15) is 18.5 Å². The fourth-order valence-electron chi connectivity index (χ4n) is 2.47. The molecule has 1 aromatic rings. The van der Waals surface area contributed by atoms with Crippen molar-refractivity contribution in [1.29, 1.82) is 0 Å². The van der Waals surface area contributed by atoms with Crippen molar-refractivity contribution >= 4 is 0 Å². The largest absolute Gasteiger partial charge is 0.491 e. The molecule has 0 N–H and O–H groups in total. The van der Waals surface area contributed by atoms with Crippen molar-refractivity contribution in [1.82, 2.24) is 0 Å². The molecular formula is C19H28O2. The number of epoxide rings is 1. The summed E-state index contributed by atoms with van der Waals surface area (Å²) in [5.74, 6) is 0.979.